The average Bonchev–Trinajstić information content (AvgIpc) is 2.57. The Kier molecular flexibility index (Phi) is 2.46. The summed E-state index contributed by atoms with van der Waals surface area (Å²) < 4.78 is 0. The number of rotatable bonds is 3. The lowest BCUT2D eigenvalue weighted by Crippen LogP contribution is -2.21. The number of nitrogens with one attached hydrogen (secondary N) is 3. The summed E-state index contributed by atoms with van der Waals surface area (Å²) in [5, 5.41) is 0.581. The Morgan fingerprint density at radius 3 is 2.87 bits per heavy atom. The van der Waals surface area contributed by atoms with Crippen molar-refractivity contribution in [2.24, 2.45) is 0 Å². The van der Waals surface area contributed by atoms with E-state index in [1.807, 2.05) is 0 Å². The van der Waals surface area contributed by atoms with E-state index in [9.17, 15) is 9.59 Å². The highest BCUT2D eigenvalue weighted by atomic mass is 32.2. The topological polar surface area (TPSA) is 94.4 Å². The third-order valence-electron chi connectivity index (χ3n) is 1.71. The zero-order chi connectivity index (χ0) is 10.8. The van der Waals surface area contributed by atoms with Crippen molar-refractivity contribution in [2.75, 3.05) is 5.75 Å². The van der Waals surface area contributed by atoms with Gasteiger partial charge in [-0.15, -0.1) is 6.58 Å². The van der Waals surface area contributed by atoms with Gasteiger partial charge >= 0.3 is 5.69 Å². The first kappa shape index (κ1) is 9.78. The van der Waals surface area contributed by atoms with Crippen molar-refractivity contribution in [3.05, 3.63) is 33.5 Å². The summed E-state index contributed by atoms with van der Waals surface area (Å²) in [6.07, 6.45) is 1.73. The van der Waals surface area contributed by atoms with Gasteiger partial charge in [0.15, 0.2) is 10.8 Å². The molecule has 0 spiro atoms. The second kappa shape index (κ2) is 3.77. The van der Waals surface area contributed by atoms with E-state index in [4.69, 9.17) is 0 Å². The number of nitrogens with zero attached hydrogens (tertiary/aromatic N) is 1. The Morgan fingerprint density at radius 1 is 1.33 bits per heavy atom. The summed E-state index contributed by atoms with van der Waals surface area (Å²) in [4.78, 5) is 33.7. The molecule has 0 unspecified atom stereocenters. The molecule has 0 fully saturated rings. The SMILES string of the molecule is C=CCSc1nc2[nH]c(=O)[nH]c(=O)c2[nH]1. The lowest BCUT2D eigenvalue weighted by molar-refractivity contribution is 1.06. The molecule has 0 aromatic carbocycles. The van der Waals surface area contributed by atoms with Crippen LogP contribution < -0.4 is 11.2 Å². The lowest BCUT2D eigenvalue weighted by atomic mass is 10.5. The zero-order valence-corrected chi connectivity index (χ0v) is 8.48. The molecular weight excluding hydrogens is 216 g/mol. The van der Waals surface area contributed by atoms with Gasteiger partial charge in [-0.3, -0.25) is 14.8 Å². The smallest absolute Gasteiger partial charge is 0.327 e. The fraction of sp³-hybridized carbons (Fsp3) is 0.125. The minimum atomic E-state index is -0.556. The van der Waals surface area contributed by atoms with E-state index in [0.717, 1.165) is 0 Å². The van der Waals surface area contributed by atoms with Crippen LogP contribution in [0.3, 0.4) is 0 Å². The zero-order valence-electron chi connectivity index (χ0n) is 7.66. The molecule has 0 aliphatic rings. The van der Waals surface area contributed by atoms with Crippen molar-refractivity contribution in [1.82, 2.24) is 19.9 Å². The Bertz CT molecular complexity index is 609. The molecule has 0 aliphatic heterocycles. The largest absolute Gasteiger partial charge is 0.327 e. The first-order valence-corrected chi connectivity index (χ1v) is 5.15. The predicted molar refractivity (Wildman–Crippen MR) is 58.3 cm³/mol. The fourth-order valence-corrected chi connectivity index (χ4v) is 1.72. The molecule has 7 heteroatoms. The highest BCUT2D eigenvalue weighted by Gasteiger charge is 2.06. The molecule has 0 atom stereocenters. The van der Waals surface area contributed by atoms with Crippen LogP contribution in [-0.4, -0.2) is 25.7 Å². The van der Waals surface area contributed by atoms with Gasteiger partial charge in [0.2, 0.25) is 0 Å². The molecule has 0 aliphatic carbocycles. The molecule has 0 bridgehead atoms. The van der Waals surface area contributed by atoms with Gasteiger partial charge < -0.3 is 4.98 Å². The van der Waals surface area contributed by atoms with Crippen LogP contribution in [-0.2, 0) is 0 Å². The maximum Gasteiger partial charge on any atom is 0.327 e. The van der Waals surface area contributed by atoms with Gasteiger partial charge in [0.25, 0.3) is 5.56 Å². The minimum Gasteiger partial charge on any atom is -0.327 e. The number of aromatic amines is 3. The molecule has 0 saturated carbocycles. The van der Waals surface area contributed by atoms with Gasteiger partial charge in [-0.25, -0.2) is 9.78 Å². The summed E-state index contributed by atoms with van der Waals surface area (Å²) in [5.41, 5.74) is -0.470. The van der Waals surface area contributed by atoms with Gasteiger partial charge in [0.1, 0.15) is 5.52 Å². The molecule has 0 radical (unpaired) electrons. The molecule has 6 nitrogen and oxygen atoms in total. The van der Waals surface area contributed by atoms with Gasteiger partial charge in [-0.2, -0.15) is 0 Å². The highest BCUT2D eigenvalue weighted by molar-refractivity contribution is 7.99. The normalized spacial score (nSPS) is 10.7. The average molecular weight is 224 g/mol. The second-order valence-corrected chi connectivity index (χ2v) is 3.78. The summed E-state index contributed by atoms with van der Waals surface area (Å²) in [5.74, 6) is 0.682. The van der Waals surface area contributed by atoms with Crippen molar-refractivity contribution >= 4 is 22.9 Å². The number of fused-ring (bicyclic) bond motifs is 1. The standard InChI is InChI=1S/C8H8N4O2S/c1-2-3-15-8-9-4-5(11-8)10-7(14)12-6(4)13/h2H,1,3H2,(H3,9,10,11,12,13,14). The number of H-pyrrole nitrogens is 3. The van der Waals surface area contributed by atoms with E-state index in [1.165, 1.54) is 11.8 Å². The Hall–Kier alpha value is -1.76. The Morgan fingerprint density at radius 2 is 2.13 bits per heavy atom. The molecule has 2 aromatic rings. The Balaban J connectivity index is 2.55. The predicted octanol–water partition coefficient (Wildman–Crippen LogP) is 0.218. The molecular formula is C8H8N4O2S. The van der Waals surface area contributed by atoms with Gasteiger partial charge in [-0.1, -0.05) is 17.8 Å². The van der Waals surface area contributed by atoms with E-state index in [0.29, 0.717) is 10.9 Å². The van der Waals surface area contributed by atoms with Crippen LogP contribution in [0, 0.1) is 0 Å². The molecule has 2 aromatic heterocycles. The summed E-state index contributed by atoms with van der Waals surface area (Å²) in [6, 6.07) is 0. The van der Waals surface area contributed by atoms with Crippen molar-refractivity contribution in [2.45, 2.75) is 5.16 Å². The number of thioether (sulfide) groups is 1. The maximum atomic E-state index is 11.3. The quantitative estimate of drug-likeness (QED) is 0.513. The van der Waals surface area contributed by atoms with E-state index < -0.39 is 11.2 Å². The van der Waals surface area contributed by atoms with E-state index in [-0.39, 0.29) is 11.2 Å². The summed E-state index contributed by atoms with van der Waals surface area (Å²) in [6.45, 7) is 3.57. The lowest BCUT2D eigenvalue weighted by Gasteiger charge is -1.87. The Labute approximate surface area is 87.8 Å². The fourth-order valence-electron chi connectivity index (χ4n) is 1.12. The van der Waals surface area contributed by atoms with Crippen LogP contribution in [0.2, 0.25) is 0 Å². The third-order valence-corrected chi connectivity index (χ3v) is 2.58. The van der Waals surface area contributed by atoms with E-state index in [1.54, 1.807) is 6.08 Å². The van der Waals surface area contributed by atoms with Gasteiger partial charge in [-0.05, 0) is 0 Å². The van der Waals surface area contributed by atoms with Crippen LogP contribution in [0.4, 0.5) is 0 Å². The number of hydrogen-bond acceptors (Lipinski definition) is 4. The molecule has 3 N–H and O–H groups in total. The van der Waals surface area contributed by atoms with Gasteiger partial charge in [0.05, 0.1) is 0 Å². The number of imidazole rings is 1. The molecule has 78 valence electrons. The summed E-state index contributed by atoms with van der Waals surface area (Å²) in [7, 11) is 0. The van der Waals surface area contributed by atoms with Crippen LogP contribution in [0.15, 0.2) is 27.4 Å². The molecule has 2 heterocycles. The third kappa shape index (κ3) is 1.86. The van der Waals surface area contributed by atoms with E-state index in [2.05, 4.69) is 26.5 Å². The molecule has 2 rings (SSSR count). The van der Waals surface area contributed by atoms with E-state index >= 15 is 0 Å². The minimum absolute atomic E-state index is 0.273. The van der Waals surface area contributed by atoms with Crippen LogP contribution in [0.5, 0.6) is 0 Å². The van der Waals surface area contributed by atoms with Crippen molar-refractivity contribution in [1.29, 1.82) is 0 Å². The summed E-state index contributed by atoms with van der Waals surface area (Å²) >= 11 is 1.40. The van der Waals surface area contributed by atoms with Gasteiger partial charge in [0, 0.05) is 5.75 Å². The van der Waals surface area contributed by atoms with Crippen LogP contribution in [0.1, 0.15) is 0 Å². The van der Waals surface area contributed by atoms with Crippen LogP contribution >= 0.6 is 11.8 Å². The highest BCUT2D eigenvalue weighted by Crippen LogP contribution is 2.14. The number of hydrogen-bond donors (Lipinski definition) is 3. The van der Waals surface area contributed by atoms with Crippen molar-refractivity contribution in [3.63, 3.8) is 0 Å². The van der Waals surface area contributed by atoms with Crippen molar-refractivity contribution in [3.8, 4) is 0 Å². The first-order chi connectivity index (χ1) is 7.20. The first-order valence-electron chi connectivity index (χ1n) is 4.16. The molecule has 15 heavy (non-hydrogen) atoms. The van der Waals surface area contributed by atoms with Crippen molar-refractivity contribution < 1.29 is 0 Å². The maximum absolute atomic E-state index is 11.3. The van der Waals surface area contributed by atoms with Crippen LogP contribution in [0.25, 0.3) is 11.2 Å². The monoisotopic (exact) mass is 224 g/mol. The molecule has 0 amide bonds. The number of aromatic nitrogens is 4. The second-order valence-electron chi connectivity index (χ2n) is 2.77. The molecule has 0 saturated heterocycles.